The van der Waals surface area contributed by atoms with Crippen molar-refractivity contribution in [3.8, 4) is 11.5 Å². The second-order valence-electron chi connectivity index (χ2n) is 7.00. The summed E-state index contributed by atoms with van der Waals surface area (Å²) < 4.78 is 24.3. The summed E-state index contributed by atoms with van der Waals surface area (Å²) >= 11 is 0. The minimum Gasteiger partial charge on any atom is -0.490 e. The molecule has 1 atom stereocenters. The van der Waals surface area contributed by atoms with Gasteiger partial charge in [-0.1, -0.05) is 25.1 Å². The Hall–Kier alpha value is -3.35. The predicted octanol–water partition coefficient (Wildman–Crippen LogP) is 3.49. The molecule has 2 amide bonds. The van der Waals surface area contributed by atoms with Crippen molar-refractivity contribution in [2.45, 2.75) is 26.7 Å². The molecule has 6 nitrogen and oxygen atoms in total. The first kappa shape index (κ1) is 23.9. The van der Waals surface area contributed by atoms with Gasteiger partial charge < -0.3 is 20.5 Å². The molecular formula is C24H29FN2O4. The van der Waals surface area contributed by atoms with Crippen LogP contribution in [0.2, 0.25) is 0 Å². The summed E-state index contributed by atoms with van der Waals surface area (Å²) in [6.45, 7) is 5.10. The lowest BCUT2D eigenvalue weighted by Gasteiger charge is -2.14. The van der Waals surface area contributed by atoms with E-state index in [1.54, 1.807) is 24.3 Å². The number of hydrogen-bond donors (Lipinski definition) is 2. The van der Waals surface area contributed by atoms with Crippen molar-refractivity contribution in [3.05, 3.63) is 65.5 Å². The third kappa shape index (κ3) is 8.12. The molecule has 0 spiro atoms. The molecule has 0 radical (unpaired) electrons. The van der Waals surface area contributed by atoms with Gasteiger partial charge in [0.15, 0.2) is 11.5 Å². The fourth-order valence-corrected chi connectivity index (χ4v) is 2.86. The Balaban J connectivity index is 1.96. The Morgan fingerprint density at radius 2 is 1.84 bits per heavy atom. The van der Waals surface area contributed by atoms with Crippen LogP contribution in [0.1, 0.15) is 31.4 Å². The largest absolute Gasteiger partial charge is 0.490 e. The number of primary amides is 1. The number of rotatable bonds is 12. The number of ether oxygens (including phenoxy) is 2. The van der Waals surface area contributed by atoms with E-state index < -0.39 is 11.8 Å². The highest BCUT2D eigenvalue weighted by atomic mass is 19.1. The summed E-state index contributed by atoms with van der Waals surface area (Å²) in [5.74, 6) is -0.549. The Labute approximate surface area is 182 Å². The lowest BCUT2D eigenvalue weighted by Crippen LogP contribution is -2.36. The zero-order valence-corrected chi connectivity index (χ0v) is 17.9. The molecule has 166 valence electrons. The van der Waals surface area contributed by atoms with E-state index in [0.717, 1.165) is 17.5 Å². The lowest BCUT2D eigenvalue weighted by atomic mass is 9.98. The van der Waals surface area contributed by atoms with E-state index >= 15 is 0 Å². The van der Waals surface area contributed by atoms with Gasteiger partial charge in [-0.3, -0.25) is 9.59 Å². The van der Waals surface area contributed by atoms with Gasteiger partial charge in [0.05, 0.1) is 19.1 Å². The number of hydrogen-bond acceptors (Lipinski definition) is 4. The molecule has 2 rings (SSSR count). The number of halogens is 1. The van der Waals surface area contributed by atoms with Crippen molar-refractivity contribution in [2.75, 3.05) is 19.8 Å². The quantitative estimate of drug-likeness (QED) is 0.507. The van der Waals surface area contributed by atoms with Gasteiger partial charge in [0.1, 0.15) is 5.82 Å². The van der Waals surface area contributed by atoms with Crippen LogP contribution in [0.4, 0.5) is 4.39 Å². The van der Waals surface area contributed by atoms with Crippen molar-refractivity contribution in [1.82, 2.24) is 5.32 Å². The molecule has 2 aromatic carbocycles. The van der Waals surface area contributed by atoms with E-state index in [-0.39, 0.29) is 18.3 Å². The van der Waals surface area contributed by atoms with Gasteiger partial charge in [0.2, 0.25) is 11.8 Å². The molecule has 3 N–H and O–H groups in total. The normalized spacial score (nSPS) is 11.8. The highest BCUT2D eigenvalue weighted by Gasteiger charge is 2.17. The first-order valence-electron chi connectivity index (χ1n) is 10.3. The second kappa shape index (κ2) is 12.4. The van der Waals surface area contributed by atoms with Crippen LogP contribution in [0.3, 0.4) is 0 Å². The molecule has 0 saturated carbocycles. The van der Waals surface area contributed by atoms with Crippen LogP contribution >= 0.6 is 0 Å². The maximum absolute atomic E-state index is 13.0. The number of nitrogens with two attached hydrogens (primary N) is 1. The summed E-state index contributed by atoms with van der Waals surface area (Å²) in [5.41, 5.74) is 7.00. The molecule has 0 aliphatic rings. The maximum atomic E-state index is 13.0. The van der Waals surface area contributed by atoms with E-state index in [9.17, 15) is 14.0 Å². The van der Waals surface area contributed by atoms with Gasteiger partial charge in [-0.25, -0.2) is 4.39 Å². The molecule has 1 unspecified atom stereocenters. The van der Waals surface area contributed by atoms with Crippen molar-refractivity contribution in [1.29, 1.82) is 0 Å². The van der Waals surface area contributed by atoms with E-state index in [4.69, 9.17) is 15.2 Å². The molecule has 0 bridgehead atoms. The summed E-state index contributed by atoms with van der Waals surface area (Å²) in [4.78, 5) is 23.9. The average Bonchev–Trinajstić information content (AvgIpc) is 2.75. The first-order chi connectivity index (χ1) is 14.9. The maximum Gasteiger partial charge on any atom is 0.244 e. The predicted molar refractivity (Wildman–Crippen MR) is 118 cm³/mol. The SMILES string of the molecule is CCCOc1ccc(/C=C/C(=O)NCC(Cc2ccc(F)cc2)C(N)=O)cc1OCC. The molecule has 0 aliphatic carbocycles. The third-order valence-corrected chi connectivity index (χ3v) is 4.48. The zero-order chi connectivity index (χ0) is 22.6. The fourth-order valence-electron chi connectivity index (χ4n) is 2.86. The molecule has 0 heterocycles. The van der Waals surface area contributed by atoms with Gasteiger partial charge >= 0.3 is 0 Å². The number of carbonyl (C=O) groups is 2. The summed E-state index contributed by atoms with van der Waals surface area (Å²) in [5, 5.41) is 2.69. The topological polar surface area (TPSA) is 90.6 Å². The Bertz CT molecular complexity index is 897. The highest BCUT2D eigenvalue weighted by Crippen LogP contribution is 2.29. The number of nitrogens with one attached hydrogen (secondary N) is 1. The fraction of sp³-hybridized carbons (Fsp3) is 0.333. The molecule has 2 aromatic rings. The standard InChI is InChI=1S/C24H29FN2O4/c1-3-13-31-21-11-7-18(15-22(21)30-4-2)8-12-23(28)27-16-19(24(26)29)14-17-5-9-20(25)10-6-17/h5-12,15,19H,3-4,13-14,16H2,1-2H3,(H2,26,29)(H,27,28)/b12-8+. The average molecular weight is 429 g/mol. The Kier molecular flexibility index (Phi) is 9.55. The van der Waals surface area contributed by atoms with E-state index in [1.807, 2.05) is 26.0 Å². The first-order valence-corrected chi connectivity index (χ1v) is 10.3. The number of benzene rings is 2. The molecule has 31 heavy (non-hydrogen) atoms. The lowest BCUT2D eigenvalue weighted by molar-refractivity contribution is -0.122. The van der Waals surface area contributed by atoms with Gasteiger partial charge in [0, 0.05) is 12.6 Å². The molecule has 0 saturated heterocycles. The number of carbonyl (C=O) groups excluding carboxylic acids is 2. The Morgan fingerprint density at radius 1 is 1.10 bits per heavy atom. The summed E-state index contributed by atoms with van der Waals surface area (Å²) in [6.07, 6.45) is 4.24. The second-order valence-corrected chi connectivity index (χ2v) is 7.00. The van der Waals surface area contributed by atoms with Crippen LogP contribution in [0.15, 0.2) is 48.5 Å². The minimum absolute atomic E-state index is 0.0872. The third-order valence-electron chi connectivity index (χ3n) is 4.48. The number of amides is 2. The van der Waals surface area contributed by atoms with Crippen molar-refractivity contribution in [2.24, 2.45) is 11.7 Å². The van der Waals surface area contributed by atoms with Gasteiger partial charge in [0.25, 0.3) is 0 Å². The summed E-state index contributed by atoms with van der Waals surface area (Å²) in [6, 6.07) is 11.3. The van der Waals surface area contributed by atoms with Crippen LogP contribution in [0.25, 0.3) is 6.08 Å². The zero-order valence-electron chi connectivity index (χ0n) is 17.9. The van der Waals surface area contributed by atoms with Crippen LogP contribution in [0.5, 0.6) is 11.5 Å². The van der Waals surface area contributed by atoms with Crippen LogP contribution < -0.4 is 20.5 Å². The van der Waals surface area contributed by atoms with Crippen LogP contribution in [0, 0.1) is 11.7 Å². The summed E-state index contributed by atoms with van der Waals surface area (Å²) in [7, 11) is 0. The van der Waals surface area contributed by atoms with E-state index in [1.165, 1.54) is 18.2 Å². The molecular weight excluding hydrogens is 399 g/mol. The van der Waals surface area contributed by atoms with Crippen molar-refractivity contribution < 1.29 is 23.5 Å². The molecule has 7 heteroatoms. The van der Waals surface area contributed by atoms with Crippen LogP contribution in [-0.2, 0) is 16.0 Å². The monoisotopic (exact) mass is 428 g/mol. The minimum atomic E-state index is -0.595. The van der Waals surface area contributed by atoms with E-state index in [0.29, 0.717) is 31.1 Å². The van der Waals surface area contributed by atoms with Crippen molar-refractivity contribution in [3.63, 3.8) is 0 Å². The smallest absolute Gasteiger partial charge is 0.244 e. The highest BCUT2D eigenvalue weighted by molar-refractivity contribution is 5.92. The van der Waals surface area contributed by atoms with E-state index in [2.05, 4.69) is 5.32 Å². The van der Waals surface area contributed by atoms with Crippen LogP contribution in [-0.4, -0.2) is 31.6 Å². The Morgan fingerprint density at radius 3 is 2.48 bits per heavy atom. The van der Waals surface area contributed by atoms with Gasteiger partial charge in [-0.15, -0.1) is 0 Å². The molecule has 0 fully saturated rings. The van der Waals surface area contributed by atoms with Gasteiger partial charge in [-0.05, 0) is 61.2 Å². The molecule has 0 aromatic heterocycles. The van der Waals surface area contributed by atoms with Crippen molar-refractivity contribution >= 4 is 17.9 Å². The molecule has 0 aliphatic heterocycles. The van der Waals surface area contributed by atoms with Gasteiger partial charge in [-0.2, -0.15) is 0 Å².